The maximum Gasteiger partial charge on any atom is 0.156 e. The molecule has 1 aromatic heterocycles. The third kappa shape index (κ3) is 2.22. The highest BCUT2D eigenvalue weighted by atomic mass is 32.2. The summed E-state index contributed by atoms with van der Waals surface area (Å²) in [4.78, 5) is 3.15. The van der Waals surface area contributed by atoms with E-state index in [2.05, 4.69) is 4.98 Å². The van der Waals surface area contributed by atoms with E-state index in [-0.39, 0.29) is 11.0 Å². The van der Waals surface area contributed by atoms with Crippen molar-refractivity contribution in [3.05, 3.63) is 35.5 Å². The minimum absolute atomic E-state index is 0.105. The number of aryl methyl sites for hydroxylation is 1. The van der Waals surface area contributed by atoms with Gasteiger partial charge in [-0.1, -0.05) is 18.2 Å². The average Bonchev–Trinajstić information content (AvgIpc) is 2.62. The van der Waals surface area contributed by atoms with E-state index < -0.39 is 9.84 Å². The summed E-state index contributed by atoms with van der Waals surface area (Å²) in [5.74, 6) is 0.105. The third-order valence-electron chi connectivity index (χ3n) is 3.08. The summed E-state index contributed by atoms with van der Waals surface area (Å²) in [5.41, 5.74) is 3.02. The van der Waals surface area contributed by atoms with E-state index in [0.717, 1.165) is 22.0 Å². The Hall–Kier alpha value is -1.29. The second kappa shape index (κ2) is 4.18. The zero-order chi connectivity index (χ0) is 12.6. The smallest absolute Gasteiger partial charge is 0.156 e. The van der Waals surface area contributed by atoms with Crippen molar-refractivity contribution in [2.24, 2.45) is 0 Å². The second-order valence-electron chi connectivity index (χ2n) is 4.67. The van der Waals surface area contributed by atoms with Crippen LogP contribution < -0.4 is 0 Å². The van der Waals surface area contributed by atoms with Gasteiger partial charge in [0.2, 0.25) is 0 Å². The molecule has 4 heteroatoms. The highest BCUT2D eigenvalue weighted by Crippen LogP contribution is 2.23. The van der Waals surface area contributed by atoms with Crippen LogP contribution in [0, 0.1) is 6.92 Å². The number of aromatic nitrogens is 1. The molecule has 0 aliphatic rings. The van der Waals surface area contributed by atoms with Gasteiger partial charge in [-0.2, -0.15) is 0 Å². The minimum Gasteiger partial charge on any atom is -0.361 e. The number of H-pyrrole nitrogens is 1. The Labute approximate surface area is 102 Å². The van der Waals surface area contributed by atoms with E-state index in [1.54, 1.807) is 20.0 Å². The van der Waals surface area contributed by atoms with Gasteiger partial charge in [-0.25, -0.2) is 8.42 Å². The maximum atomic E-state index is 11.9. The Morgan fingerprint density at radius 1 is 1.29 bits per heavy atom. The monoisotopic (exact) mass is 251 g/mol. The first-order chi connectivity index (χ1) is 7.92. The molecule has 1 aromatic carbocycles. The van der Waals surface area contributed by atoms with E-state index >= 15 is 0 Å². The molecule has 0 fully saturated rings. The lowest BCUT2D eigenvalue weighted by Gasteiger charge is -2.06. The molecular formula is C13H17NO2S. The molecule has 0 aliphatic heterocycles. The number of hydrogen-bond acceptors (Lipinski definition) is 2. The minimum atomic E-state index is -3.05. The van der Waals surface area contributed by atoms with Crippen LogP contribution in [0.5, 0.6) is 0 Å². The first-order valence-electron chi connectivity index (χ1n) is 5.69. The summed E-state index contributed by atoms with van der Waals surface area (Å²) < 4.78 is 23.8. The summed E-state index contributed by atoms with van der Waals surface area (Å²) in [6.45, 7) is 5.45. The van der Waals surface area contributed by atoms with Crippen LogP contribution in [0.3, 0.4) is 0 Å². The lowest BCUT2D eigenvalue weighted by atomic mass is 10.1. The number of para-hydroxylation sites is 1. The molecule has 2 rings (SSSR count). The van der Waals surface area contributed by atoms with Gasteiger partial charge in [-0.05, 0) is 31.9 Å². The molecule has 0 amide bonds. The van der Waals surface area contributed by atoms with Crippen LogP contribution in [0.15, 0.2) is 24.4 Å². The summed E-state index contributed by atoms with van der Waals surface area (Å²) in [6.07, 6.45) is 1.80. The molecule has 0 saturated carbocycles. The van der Waals surface area contributed by atoms with Gasteiger partial charge in [0.25, 0.3) is 0 Å². The fourth-order valence-corrected chi connectivity index (χ4v) is 2.87. The zero-order valence-corrected chi connectivity index (χ0v) is 11.1. The van der Waals surface area contributed by atoms with Crippen molar-refractivity contribution in [3.8, 4) is 0 Å². The van der Waals surface area contributed by atoms with Crippen LogP contribution in [0.2, 0.25) is 0 Å². The van der Waals surface area contributed by atoms with E-state index in [1.807, 2.05) is 25.1 Å². The quantitative estimate of drug-likeness (QED) is 0.912. The number of nitrogens with one attached hydrogen (secondary N) is 1. The fourth-order valence-electron chi connectivity index (χ4n) is 1.87. The van der Waals surface area contributed by atoms with Gasteiger partial charge in [0.1, 0.15) is 0 Å². The molecule has 0 bridgehead atoms. The molecular weight excluding hydrogens is 234 g/mol. The van der Waals surface area contributed by atoms with Crippen molar-refractivity contribution >= 4 is 20.7 Å². The van der Waals surface area contributed by atoms with Gasteiger partial charge < -0.3 is 4.98 Å². The summed E-state index contributed by atoms with van der Waals surface area (Å²) in [7, 11) is -3.05. The van der Waals surface area contributed by atoms with Gasteiger partial charge in [0.15, 0.2) is 9.84 Å². The SMILES string of the molecule is Cc1cccc2c(CS(=O)(=O)C(C)C)c[nH]c12. The summed E-state index contributed by atoms with van der Waals surface area (Å²) in [6, 6.07) is 5.93. The lowest BCUT2D eigenvalue weighted by Crippen LogP contribution is -2.15. The van der Waals surface area contributed by atoms with E-state index in [0.29, 0.717) is 0 Å². The first kappa shape index (κ1) is 12.2. The molecule has 17 heavy (non-hydrogen) atoms. The summed E-state index contributed by atoms with van der Waals surface area (Å²) in [5, 5.41) is 0.673. The maximum absolute atomic E-state index is 11.9. The molecule has 1 heterocycles. The van der Waals surface area contributed by atoms with Crippen LogP contribution in [-0.4, -0.2) is 18.7 Å². The normalized spacial score (nSPS) is 12.5. The Morgan fingerprint density at radius 2 is 2.00 bits per heavy atom. The van der Waals surface area contributed by atoms with Crippen LogP contribution >= 0.6 is 0 Å². The molecule has 0 aliphatic carbocycles. The van der Waals surface area contributed by atoms with E-state index in [4.69, 9.17) is 0 Å². The van der Waals surface area contributed by atoms with Gasteiger partial charge in [0.05, 0.1) is 11.0 Å². The molecule has 0 saturated heterocycles. The summed E-state index contributed by atoms with van der Waals surface area (Å²) >= 11 is 0. The van der Waals surface area contributed by atoms with Crippen LogP contribution in [0.1, 0.15) is 25.0 Å². The Morgan fingerprint density at radius 3 is 2.65 bits per heavy atom. The second-order valence-corrected chi connectivity index (χ2v) is 7.22. The molecule has 0 unspecified atom stereocenters. The Balaban J connectivity index is 2.48. The van der Waals surface area contributed by atoms with E-state index in [1.165, 1.54) is 0 Å². The molecule has 2 aromatic rings. The van der Waals surface area contributed by atoms with Crippen LogP contribution in [0.4, 0.5) is 0 Å². The standard InChI is InChI=1S/C13H17NO2S/c1-9(2)17(15,16)8-11-7-14-13-10(3)5-4-6-12(11)13/h4-7,9,14H,8H2,1-3H3. The Bertz CT molecular complexity index is 638. The highest BCUT2D eigenvalue weighted by Gasteiger charge is 2.18. The Kier molecular flexibility index (Phi) is 3.00. The topological polar surface area (TPSA) is 49.9 Å². The van der Waals surface area contributed by atoms with Crippen molar-refractivity contribution in [2.75, 3.05) is 0 Å². The molecule has 0 atom stereocenters. The lowest BCUT2D eigenvalue weighted by molar-refractivity contribution is 0.586. The van der Waals surface area contributed by atoms with Gasteiger partial charge in [-0.3, -0.25) is 0 Å². The van der Waals surface area contributed by atoms with E-state index in [9.17, 15) is 8.42 Å². The highest BCUT2D eigenvalue weighted by molar-refractivity contribution is 7.91. The number of benzene rings is 1. The molecule has 92 valence electrons. The fraction of sp³-hybridized carbons (Fsp3) is 0.385. The van der Waals surface area contributed by atoms with Gasteiger partial charge in [0, 0.05) is 17.1 Å². The van der Waals surface area contributed by atoms with Crippen molar-refractivity contribution in [2.45, 2.75) is 31.8 Å². The van der Waals surface area contributed by atoms with Crippen molar-refractivity contribution in [1.29, 1.82) is 0 Å². The number of sulfone groups is 1. The van der Waals surface area contributed by atoms with Gasteiger partial charge in [-0.15, -0.1) is 0 Å². The van der Waals surface area contributed by atoms with Crippen LogP contribution in [0.25, 0.3) is 10.9 Å². The van der Waals surface area contributed by atoms with Crippen molar-refractivity contribution in [3.63, 3.8) is 0 Å². The van der Waals surface area contributed by atoms with Gasteiger partial charge >= 0.3 is 0 Å². The molecule has 0 radical (unpaired) electrons. The average molecular weight is 251 g/mol. The molecule has 0 spiro atoms. The molecule has 3 nitrogen and oxygen atoms in total. The molecule has 1 N–H and O–H groups in total. The number of hydrogen-bond donors (Lipinski definition) is 1. The predicted octanol–water partition coefficient (Wildman–Crippen LogP) is 2.80. The predicted molar refractivity (Wildman–Crippen MR) is 70.8 cm³/mol. The van der Waals surface area contributed by atoms with Crippen molar-refractivity contribution < 1.29 is 8.42 Å². The third-order valence-corrected chi connectivity index (χ3v) is 5.23. The van der Waals surface area contributed by atoms with Crippen molar-refractivity contribution in [1.82, 2.24) is 4.98 Å². The number of fused-ring (bicyclic) bond motifs is 1. The number of aromatic amines is 1. The number of rotatable bonds is 3. The first-order valence-corrected chi connectivity index (χ1v) is 7.40. The largest absolute Gasteiger partial charge is 0.361 e. The zero-order valence-electron chi connectivity index (χ0n) is 10.3. The van der Waals surface area contributed by atoms with Crippen LogP contribution in [-0.2, 0) is 15.6 Å².